The average molecular weight is 307 g/mol. The number of nitrogens with zero attached hydrogens (tertiary/aromatic N) is 1. The SMILES string of the molecule is Fc1cnc(OCc2cccc(Cl)c2)c(CNC2CC2)c1. The van der Waals surface area contributed by atoms with Gasteiger partial charge in [-0.3, -0.25) is 0 Å². The van der Waals surface area contributed by atoms with E-state index in [4.69, 9.17) is 16.3 Å². The predicted molar refractivity (Wildman–Crippen MR) is 79.8 cm³/mol. The van der Waals surface area contributed by atoms with Gasteiger partial charge in [0.05, 0.1) is 6.20 Å². The summed E-state index contributed by atoms with van der Waals surface area (Å²) < 4.78 is 19.0. The van der Waals surface area contributed by atoms with Crippen molar-refractivity contribution in [3.05, 3.63) is 58.5 Å². The number of nitrogens with one attached hydrogen (secondary N) is 1. The Morgan fingerprint density at radius 3 is 2.95 bits per heavy atom. The third-order valence-electron chi connectivity index (χ3n) is 3.32. The third-order valence-corrected chi connectivity index (χ3v) is 3.55. The van der Waals surface area contributed by atoms with Crippen molar-refractivity contribution < 1.29 is 9.13 Å². The second-order valence-corrected chi connectivity index (χ2v) is 5.63. The molecule has 0 atom stereocenters. The first-order valence-corrected chi connectivity index (χ1v) is 7.33. The predicted octanol–water partition coefficient (Wildman–Crippen LogP) is 3.71. The molecular weight excluding hydrogens is 291 g/mol. The summed E-state index contributed by atoms with van der Waals surface area (Å²) in [6, 6.07) is 9.47. The Hall–Kier alpha value is -1.65. The molecule has 0 bridgehead atoms. The lowest BCUT2D eigenvalue weighted by molar-refractivity contribution is 0.288. The highest BCUT2D eigenvalue weighted by molar-refractivity contribution is 6.30. The summed E-state index contributed by atoms with van der Waals surface area (Å²) in [5.41, 5.74) is 1.69. The van der Waals surface area contributed by atoms with Crippen LogP contribution >= 0.6 is 11.6 Å². The molecule has 0 radical (unpaired) electrons. The molecule has 110 valence electrons. The number of benzene rings is 1. The van der Waals surface area contributed by atoms with Gasteiger partial charge in [-0.1, -0.05) is 23.7 Å². The Kier molecular flexibility index (Phi) is 4.36. The van der Waals surface area contributed by atoms with Crippen LogP contribution < -0.4 is 10.1 Å². The summed E-state index contributed by atoms with van der Waals surface area (Å²) in [6.45, 7) is 0.927. The van der Waals surface area contributed by atoms with E-state index in [2.05, 4.69) is 10.3 Å². The normalized spacial score (nSPS) is 14.2. The van der Waals surface area contributed by atoms with Crippen molar-refractivity contribution >= 4 is 11.6 Å². The minimum Gasteiger partial charge on any atom is -0.473 e. The molecule has 3 rings (SSSR count). The van der Waals surface area contributed by atoms with Gasteiger partial charge in [0.2, 0.25) is 5.88 Å². The van der Waals surface area contributed by atoms with E-state index in [1.807, 2.05) is 24.3 Å². The van der Waals surface area contributed by atoms with Gasteiger partial charge in [0, 0.05) is 23.2 Å². The van der Waals surface area contributed by atoms with Crippen LogP contribution in [0, 0.1) is 5.82 Å². The standard InChI is InChI=1S/C16H16ClFN2O/c17-13-3-1-2-11(6-13)10-21-16-12(7-14(18)9-20-16)8-19-15-4-5-15/h1-3,6-7,9,15,19H,4-5,8,10H2. The minimum atomic E-state index is -0.349. The lowest BCUT2D eigenvalue weighted by Crippen LogP contribution is -2.16. The Balaban J connectivity index is 1.68. The molecule has 1 aliphatic rings. The van der Waals surface area contributed by atoms with Crippen molar-refractivity contribution in [1.29, 1.82) is 0 Å². The molecule has 1 aliphatic carbocycles. The van der Waals surface area contributed by atoms with Gasteiger partial charge >= 0.3 is 0 Å². The van der Waals surface area contributed by atoms with Crippen molar-refractivity contribution in [2.45, 2.75) is 32.0 Å². The van der Waals surface area contributed by atoms with Crippen LogP contribution in [0.2, 0.25) is 5.02 Å². The molecule has 1 aromatic heterocycles. The van der Waals surface area contributed by atoms with E-state index < -0.39 is 0 Å². The molecule has 5 heteroatoms. The summed E-state index contributed by atoms with van der Waals surface area (Å²) in [6.07, 6.45) is 3.54. The van der Waals surface area contributed by atoms with Crippen LogP contribution in [0.1, 0.15) is 24.0 Å². The number of aromatic nitrogens is 1. The molecule has 1 saturated carbocycles. The van der Waals surface area contributed by atoms with Crippen LogP contribution in [0.3, 0.4) is 0 Å². The third kappa shape index (κ3) is 4.16. The maximum atomic E-state index is 13.3. The fraction of sp³-hybridized carbons (Fsp3) is 0.312. The largest absolute Gasteiger partial charge is 0.473 e. The molecule has 1 aromatic carbocycles. The molecule has 0 amide bonds. The first-order chi connectivity index (χ1) is 10.2. The summed E-state index contributed by atoms with van der Waals surface area (Å²) in [5.74, 6) is 0.113. The molecule has 1 fully saturated rings. The van der Waals surface area contributed by atoms with E-state index >= 15 is 0 Å². The highest BCUT2D eigenvalue weighted by atomic mass is 35.5. The summed E-state index contributed by atoms with van der Waals surface area (Å²) in [5, 5.41) is 4.01. The second kappa shape index (κ2) is 6.41. The molecule has 0 unspecified atom stereocenters. The number of hydrogen-bond acceptors (Lipinski definition) is 3. The van der Waals surface area contributed by atoms with Crippen LogP contribution in [0.25, 0.3) is 0 Å². The van der Waals surface area contributed by atoms with Crippen molar-refractivity contribution in [2.75, 3.05) is 0 Å². The molecule has 1 N–H and O–H groups in total. The number of ether oxygens (including phenoxy) is 1. The molecule has 0 aliphatic heterocycles. The zero-order chi connectivity index (χ0) is 14.7. The van der Waals surface area contributed by atoms with Gasteiger partial charge in [-0.15, -0.1) is 0 Å². The monoisotopic (exact) mass is 306 g/mol. The summed E-state index contributed by atoms with van der Waals surface area (Å²) in [4.78, 5) is 4.04. The lowest BCUT2D eigenvalue weighted by atomic mass is 10.2. The molecular formula is C16H16ClFN2O. The van der Waals surface area contributed by atoms with Gasteiger partial charge in [0.1, 0.15) is 12.4 Å². The molecule has 21 heavy (non-hydrogen) atoms. The number of halogens is 2. The molecule has 0 spiro atoms. The van der Waals surface area contributed by atoms with Crippen molar-refractivity contribution in [3.63, 3.8) is 0 Å². The first kappa shape index (κ1) is 14.3. The van der Waals surface area contributed by atoms with E-state index in [1.54, 1.807) is 0 Å². The number of pyridine rings is 1. The van der Waals surface area contributed by atoms with Gasteiger partial charge in [-0.2, -0.15) is 0 Å². The summed E-state index contributed by atoms with van der Waals surface area (Å²) >= 11 is 5.94. The summed E-state index contributed by atoms with van der Waals surface area (Å²) in [7, 11) is 0. The van der Waals surface area contributed by atoms with Gasteiger partial charge < -0.3 is 10.1 Å². The Bertz CT molecular complexity index is 631. The van der Waals surface area contributed by atoms with Gasteiger partial charge in [-0.25, -0.2) is 9.37 Å². The number of hydrogen-bond donors (Lipinski definition) is 1. The molecule has 1 heterocycles. The Labute approximate surface area is 128 Å². The van der Waals surface area contributed by atoms with Gasteiger partial charge in [-0.05, 0) is 36.6 Å². The molecule has 3 nitrogen and oxygen atoms in total. The minimum absolute atomic E-state index is 0.349. The smallest absolute Gasteiger partial charge is 0.218 e. The van der Waals surface area contributed by atoms with Gasteiger partial charge in [0.25, 0.3) is 0 Å². The van der Waals surface area contributed by atoms with Crippen LogP contribution in [-0.2, 0) is 13.2 Å². The fourth-order valence-corrected chi connectivity index (χ4v) is 2.26. The van der Waals surface area contributed by atoms with Crippen LogP contribution in [0.4, 0.5) is 4.39 Å². The second-order valence-electron chi connectivity index (χ2n) is 5.19. The van der Waals surface area contributed by atoms with E-state index in [0.717, 1.165) is 11.1 Å². The highest BCUT2D eigenvalue weighted by Crippen LogP contribution is 2.22. The Morgan fingerprint density at radius 1 is 1.33 bits per heavy atom. The van der Waals surface area contributed by atoms with Crippen molar-refractivity contribution in [3.8, 4) is 5.88 Å². The van der Waals surface area contributed by atoms with E-state index in [-0.39, 0.29) is 5.82 Å². The van der Waals surface area contributed by atoms with Crippen LogP contribution in [-0.4, -0.2) is 11.0 Å². The Morgan fingerprint density at radius 2 is 2.19 bits per heavy atom. The highest BCUT2D eigenvalue weighted by Gasteiger charge is 2.21. The lowest BCUT2D eigenvalue weighted by Gasteiger charge is -2.11. The maximum Gasteiger partial charge on any atom is 0.218 e. The van der Waals surface area contributed by atoms with E-state index in [1.165, 1.54) is 25.1 Å². The molecule has 0 saturated heterocycles. The zero-order valence-electron chi connectivity index (χ0n) is 11.5. The maximum absolute atomic E-state index is 13.3. The van der Waals surface area contributed by atoms with Crippen molar-refractivity contribution in [2.24, 2.45) is 0 Å². The fourth-order valence-electron chi connectivity index (χ4n) is 2.05. The van der Waals surface area contributed by atoms with Crippen LogP contribution in [0.15, 0.2) is 36.5 Å². The quantitative estimate of drug-likeness (QED) is 0.883. The average Bonchev–Trinajstić information content (AvgIpc) is 3.28. The van der Waals surface area contributed by atoms with Gasteiger partial charge in [0.15, 0.2) is 0 Å². The van der Waals surface area contributed by atoms with E-state index in [0.29, 0.717) is 30.1 Å². The van der Waals surface area contributed by atoms with E-state index in [9.17, 15) is 4.39 Å². The number of rotatable bonds is 6. The first-order valence-electron chi connectivity index (χ1n) is 6.96. The van der Waals surface area contributed by atoms with Crippen molar-refractivity contribution in [1.82, 2.24) is 10.3 Å². The zero-order valence-corrected chi connectivity index (χ0v) is 12.2. The van der Waals surface area contributed by atoms with Crippen LogP contribution in [0.5, 0.6) is 5.88 Å². The molecule has 2 aromatic rings. The topological polar surface area (TPSA) is 34.1 Å².